The maximum Gasteiger partial charge on any atom is 0.267 e. The van der Waals surface area contributed by atoms with Crippen LogP contribution in [0.3, 0.4) is 0 Å². The van der Waals surface area contributed by atoms with Crippen LogP contribution in [0.4, 0.5) is 20.2 Å². The van der Waals surface area contributed by atoms with E-state index in [-0.39, 0.29) is 29.7 Å². The molecule has 0 amide bonds. The summed E-state index contributed by atoms with van der Waals surface area (Å²) in [6.07, 6.45) is 0. The number of rotatable bonds is 4. The lowest BCUT2D eigenvalue weighted by Gasteiger charge is -2.10. The van der Waals surface area contributed by atoms with Crippen LogP contribution in [-0.2, 0) is 10.0 Å². The predicted octanol–water partition coefficient (Wildman–Crippen LogP) is 2.09. The summed E-state index contributed by atoms with van der Waals surface area (Å²) in [5.74, 6) is -2.58. The van der Waals surface area contributed by atoms with E-state index in [1.807, 2.05) is 0 Å². The minimum absolute atomic E-state index is 0. The van der Waals surface area contributed by atoms with Crippen LogP contribution in [0.5, 0.6) is 0 Å². The molecule has 0 aliphatic heterocycles. The molecular formula is C13H13ClF2N4O2S. The van der Waals surface area contributed by atoms with E-state index < -0.39 is 26.6 Å². The smallest absolute Gasteiger partial charge is 0.267 e. The quantitative estimate of drug-likeness (QED) is 0.571. The fourth-order valence-electron chi connectivity index (χ4n) is 1.73. The maximum atomic E-state index is 13.6. The number of anilines is 1. The third kappa shape index (κ3) is 4.54. The van der Waals surface area contributed by atoms with Gasteiger partial charge in [0.2, 0.25) is 0 Å². The Morgan fingerprint density at radius 2 is 1.61 bits per heavy atom. The van der Waals surface area contributed by atoms with Crippen LogP contribution in [0.25, 0.3) is 0 Å². The zero-order valence-electron chi connectivity index (χ0n) is 11.5. The molecule has 0 unspecified atom stereocenters. The van der Waals surface area contributed by atoms with E-state index >= 15 is 0 Å². The first-order chi connectivity index (χ1) is 10.3. The molecule has 0 radical (unpaired) electrons. The Bertz CT molecular complexity index is 819. The van der Waals surface area contributed by atoms with Crippen LogP contribution < -0.4 is 16.2 Å². The van der Waals surface area contributed by atoms with Gasteiger partial charge in [0.25, 0.3) is 10.0 Å². The van der Waals surface area contributed by atoms with Gasteiger partial charge in [-0.2, -0.15) is 0 Å². The molecule has 2 rings (SSSR count). The molecule has 23 heavy (non-hydrogen) atoms. The third-order valence-electron chi connectivity index (χ3n) is 2.54. The second-order valence-electron chi connectivity index (χ2n) is 4.24. The number of hydrogen-bond donors (Lipinski definition) is 3. The van der Waals surface area contributed by atoms with E-state index in [0.29, 0.717) is 0 Å². The Kier molecular flexibility index (Phi) is 5.88. The van der Waals surface area contributed by atoms with Gasteiger partial charge in [-0.1, -0.05) is 12.1 Å². The van der Waals surface area contributed by atoms with Crippen molar-refractivity contribution in [2.45, 2.75) is 4.90 Å². The molecule has 124 valence electrons. The van der Waals surface area contributed by atoms with Crippen molar-refractivity contribution in [3.63, 3.8) is 0 Å². The molecule has 0 fully saturated rings. The average Bonchev–Trinajstić information content (AvgIpc) is 2.36. The molecule has 5 N–H and O–H groups in total. The zero-order valence-corrected chi connectivity index (χ0v) is 13.2. The van der Waals surface area contributed by atoms with Gasteiger partial charge < -0.3 is 11.5 Å². The van der Waals surface area contributed by atoms with Crippen molar-refractivity contribution in [2.24, 2.45) is 16.5 Å². The molecule has 0 aliphatic rings. The van der Waals surface area contributed by atoms with Crippen LogP contribution in [0.1, 0.15) is 0 Å². The highest BCUT2D eigenvalue weighted by atomic mass is 35.5. The SMILES string of the molecule is Cl.NC(N)=Nc1cccc(NS(=O)(=O)c2c(F)cccc2F)c1. The van der Waals surface area contributed by atoms with E-state index in [2.05, 4.69) is 9.71 Å². The van der Waals surface area contributed by atoms with Gasteiger partial charge in [0, 0.05) is 0 Å². The molecule has 0 atom stereocenters. The number of aliphatic imine (C=N–C) groups is 1. The van der Waals surface area contributed by atoms with Gasteiger partial charge in [-0.15, -0.1) is 12.4 Å². The summed E-state index contributed by atoms with van der Waals surface area (Å²) >= 11 is 0. The standard InChI is InChI=1S/C13H12F2N4O2S.ClH/c14-10-5-2-6-11(15)12(10)22(20,21)19-9-4-1-3-8(7-9)18-13(16)17;/h1-7,19H,(H4,16,17,18);1H. The fourth-order valence-corrected chi connectivity index (χ4v) is 2.92. The van der Waals surface area contributed by atoms with Gasteiger partial charge >= 0.3 is 0 Å². The van der Waals surface area contributed by atoms with E-state index in [4.69, 9.17) is 11.5 Å². The minimum atomic E-state index is -4.43. The van der Waals surface area contributed by atoms with E-state index in [9.17, 15) is 17.2 Å². The highest BCUT2D eigenvalue weighted by Crippen LogP contribution is 2.24. The maximum absolute atomic E-state index is 13.6. The van der Waals surface area contributed by atoms with Crippen molar-refractivity contribution in [1.82, 2.24) is 0 Å². The molecule has 0 bridgehead atoms. The van der Waals surface area contributed by atoms with Gasteiger partial charge in [0.05, 0.1) is 11.4 Å². The Balaban J connectivity index is 0.00000264. The molecule has 0 aliphatic carbocycles. The molecule has 2 aromatic carbocycles. The van der Waals surface area contributed by atoms with Crippen molar-refractivity contribution in [2.75, 3.05) is 4.72 Å². The van der Waals surface area contributed by atoms with E-state index in [0.717, 1.165) is 18.2 Å². The number of hydrogen-bond acceptors (Lipinski definition) is 3. The monoisotopic (exact) mass is 362 g/mol. The number of guanidine groups is 1. The normalized spacial score (nSPS) is 10.5. The first-order valence-corrected chi connectivity index (χ1v) is 7.44. The number of nitrogens with two attached hydrogens (primary N) is 2. The van der Waals surface area contributed by atoms with Crippen molar-refractivity contribution in [3.05, 3.63) is 54.1 Å². The lowest BCUT2D eigenvalue weighted by Crippen LogP contribution is -2.21. The highest BCUT2D eigenvalue weighted by Gasteiger charge is 2.23. The Hall–Kier alpha value is -2.39. The summed E-state index contributed by atoms with van der Waals surface area (Å²) in [7, 11) is -4.43. The van der Waals surface area contributed by atoms with Crippen LogP contribution in [0.15, 0.2) is 52.4 Å². The van der Waals surface area contributed by atoms with Crippen molar-refractivity contribution in [3.8, 4) is 0 Å². The fraction of sp³-hybridized carbons (Fsp3) is 0. The predicted molar refractivity (Wildman–Crippen MR) is 86.3 cm³/mol. The molecule has 10 heteroatoms. The van der Waals surface area contributed by atoms with E-state index in [1.165, 1.54) is 24.3 Å². The van der Waals surface area contributed by atoms with Gasteiger partial charge in [0.1, 0.15) is 11.6 Å². The number of nitrogens with one attached hydrogen (secondary N) is 1. The zero-order chi connectivity index (χ0) is 16.3. The van der Waals surface area contributed by atoms with Crippen molar-refractivity contribution >= 4 is 39.8 Å². The van der Waals surface area contributed by atoms with Gasteiger partial charge in [0.15, 0.2) is 10.9 Å². The van der Waals surface area contributed by atoms with Crippen LogP contribution in [-0.4, -0.2) is 14.4 Å². The van der Waals surface area contributed by atoms with Crippen LogP contribution in [0.2, 0.25) is 0 Å². The molecular weight excluding hydrogens is 350 g/mol. The Morgan fingerprint density at radius 1 is 1.04 bits per heavy atom. The molecule has 2 aromatic rings. The second kappa shape index (κ2) is 7.25. The van der Waals surface area contributed by atoms with Crippen LogP contribution in [0, 0.1) is 11.6 Å². The molecule has 0 aromatic heterocycles. The van der Waals surface area contributed by atoms with Crippen LogP contribution >= 0.6 is 12.4 Å². The third-order valence-corrected chi connectivity index (χ3v) is 3.98. The molecule has 0 heterocycles. The van der Waals surface area contributed by atoms with Crippen molar-refractivity contribution in [1.29, 1.82) is 0 Å². The summed E-state index contributed by atoms with van der Waals surface area (Å²) in [6.45, 7) is 0. The van der Waals surface area contributed by atoms with Crippen molar-refractivity contribution < 1.29 is 17.2 Å². The van der Waals surface area contributed by atoms with E-state index in [1.54, 1.807) is 0 Å². The summed E-state index contributed by atoms with van der Waals surface area (Å²) in [5, 5.41) is 0. The number of benzene rings is 2. The molecule has 0 saturated carbocycles. The molecule has 0 spiro atoms. The Labute approximate surface area is 137 Å². The first kappa shape index (κ1) is 18.7. The molecule has 6 nitrogen and oxygen atoms in total. The lowest BCUT2D eigenvalue weighted by atomic mass is 10.3. The minimum Gasteiger partial charge on any atom is -0.370 e. The van der Waals surface area contributed by atoms with Gasteiger partial charge in [-0.05, 0) is 30.3 Å². The van der Waals surface area contributed by atoms with Gasteiger partial charge in [-0.25, -0.2) is 22.2 Å². The average molecular weight is 363 g/mol. The number of nitrogens with zero attached hydrogens (tertiary/aromatic N) is 1. The highest BCUT2D eigenvalue weighted by molar-refractivity contribution is 7.92. The second-order valence-corrected chi connectivity index (χ2v) is 5.86. The summed E-state index contributed by atoms with van der Waals surface area (Å²) in [6, 6.07) is 8.50. The topological polar surface area (TPSA) is 111 Å². The summed E-state index contributed by atoms with van der Waals surface area (Å²) in [5.41, 5.74) is 10.8. The number of halogens is 3. The van der Waals surface area contributed by atoms with Gasteiger partial charge in [-0.3, -0.25) is 4.72 Å². The largest absolute Gasteiger partial charge is 0.370 e. The summed E-state index contributed by atoms with van der Waals surface area (Å²) in [4.78, 5) is 2.69. The summed E-state index contributed by atoms with van der Waals surface area (Å²) < 4.78 is 53.4. The lowest BCUT2D eigenvalue weighted by molar-refractivity contribution is 0.521. The molecule has 0 saturated heterocycles. The number of sulfonamides is 1. The Morgan fingerprint density at radius 3 is 2.17 bits per heavy atom. The first-order valence-electron chi connectivity index (χ1n) is 5.96.